The van der Waals surface area contributed by atoms with Gasteiger partial charge in [0.05, 0.1) is 24.0 Å². The molecule has 1 aliphatic rings. The van der Waals surface area contributed by atoms with Crippen LogP contribution in [0.2, 0.25) is 0 Å². The van der Waals surface area contributed by atoms with Gasteiger partial charge in [0.1, 0.15) is 0 Å². The van der Waals surface area contributed by atoms with Gasteiger partial charge in [-0.1, -0.05) is 0 Å². The first kappa shape index (κ1) is 10.2. The van der Waals surface area contributed by atoms with Gasteiger partial charge in [0.2, 0.25) is 0 Å². The molecule has 0 atom stereocenters. The topological polar surface area (TPSA) is 62.3 Å². The van der Waals surface area contributed by atoms with Crippen LogP contribution < -0.4 is 0 Å². The molecular formula is C11H15NO3. The molecule has 1 aromatic rings. The van der Waals surface area contributed by atoms with E-state index in [2.05, 4.69) is 4.98 Å². The Balaban J connectivity index is 2.42. The van der Waals surface area contributed by atoms with Crippen LogP contribution in [0.1, 0.15) is 19.5 Å². The minimum Gasteiger partial charge on any atom is -0.481 e. The average molecular weight is 209 g/mol. The molecule has 4 nitrogen and oxygen atoms in total. The molecule has 0 amide bonds. The maximum atomic E-state index is 11.3. The van der Waals surface area contributed by atoms with Crippen molar-refractivity contribution in [3.63, 3.8) is 0 Å². The summed E-state index contributed by atoms with van der Waals surface area (Å²) >= 11 is 0. The molecule has 1 saturated heterocycles. The van der Waals surface area contributed by atoms with Crippen LogP contribution in [-0.4, -0.2) is 29.3 Å². The largest absolute Gasteiger partial charge is 0.481 e. The number of carboxylic acid groups (broad SMARTS) is 1. The van der Waals surface area contributed by atoms with Crippen LogP contribution in [0.4, 0.5) is 0 Å². The number of aliphatic carboxylic acids is 1. The van der Waals surface area contributed by atoms with Crippen LogP contribution >= 0.6 is 0 Å². The lowest BCUT2D eigenvalue weighted by molar-refractivity contribution is -0.171. The van der Waals surface area contributed by atoms with Crippen LogP contribution in [0, 0.1) is 5.41 Å². The zero-order valence-electron chi connectivity index (χ0n) is 8.91. The molecule has 15 heavy (non-hydrogen) atoms. The molecule has 2 rings (SSSR count). The van der Waals surface area contributed by atoms with Crippen molar-refractivity contribution in [2.75, 3.05) is 13.2 Å². The van der Waals surface area contributed by atoms with E-state index >= 15 is 0 Å². The van der Waals surface area contributed by atoms with Gasteiger partial charge in [0, 0.05) is 11.9 Å². The van der Waals surface area contributed by atoms with E-state index in [-0.39, 0.29) is 0 Å². The fourth-order valence-corrected chi connectivity index (χ4v) is 1.99. The van der Waals surface area contributed by atoms with Gasteiger partial charge in [-0.15, -0.1) is 0 Å². The predicted octanol–water partition coefficient (Wildman–Crippen LogP) is 1.39. The van der Waals surface area contributed by atoms with Crippen molar-refractivity contribution in [2.24, 2.45) is 5.41 Å². The van der Waals surface area contributed by atoms with Crippen LogP contribution in [0.5, 0.6) is 0 Å². The van der Waals surface area contributed by atoms with Crippen LogP contribution in [-0.2, 0) is 14.9 Å². The summed E-state index contributed by atoms with van der Waals surface area (Å²) in [7, 11) is 0. The second kappa shape index (κ2) is 3.10. The van der Waals surface area contributed by atoms with E-state index in [4.69, 9.17) is 4.74 Å². The predicted molar refractivity (Wildman–Crippen MR) is 54.7 cm³/mol. The van der Waals surface area contributed by atoms with Gasteiger partial charge in [-0.25, -0.2) is 0 Å². The fourth-order valence-electron chi connectivity index (χ4n) is 1.99. The van der Waals surface area contributed by atoms with E-state index in [1.54, 1.807) is 13.8 Å². The summed E-state index contributed by atoms with van der Waals surface area (Å²) in [6.07, 6.45) is 1.81. The molecule has 0 unspecified atom stereocenters. The first-order chi connectivity index (χ1) is 7.01. The highest BCUT2D eigenvalue weighted by molar-refractivity contribution is 5.76. The zero-order chi connectivity index (χ0) is 11.1. The van der Waals surface area contributed by atoms with Crippen LogP contribution in [0.25, 0.3) is 0 Å². The maximum absolute atomic E-state index is 11.3. The normalized spacial score (nSPS) is 19.6. The molecule has 0 spiro atoms. The summed E-state index contributed by atoms with van der Waals surface area (Å²) in [4.78, 5) is 14.4. The van der Waals surface area contributed by atoms with Crippen LogP contribution in [0.3, 0.4) is 0 Å². The van der Waals surface area contributed by atoms with Crippen molar-refractivity contribution in [2.45, 2.75) is 19.3 Å². The Morgan fingerprint density at radius 2 is 2.27 bits per heavy atom. The van der Waals surface area contributed by atoms with Crippen molar-refractivity contribution in [3.05, 3.63) is 24.0 Å². The summed E-state index contributed by atoms with van der Waals surface area (Å²) in [5.74, 6) is -0.791. The Morgan fingerprint density at radius 1 is 1.60 bits per heavy atom. The Kier molecular flexibility index (Phi) is 2.12. The number of ether oxygens (including phenoxy) is 1. The number of aromatic nitrogens is 1. The van der Waals surface area contributed by atoms with Crippen molar-refractivity contribution >= 4 is 5.97 Å². The quantitative estimate of drug-likeness (QED) is 0.790. The van der Waals surface area contributed by atoms with Crippen molar-refractivity contribution in [1.82, 2.24) is 4.98 Å². The highest BCUT2D eigenvalue weighted by Gasteiger charge is 2.57. The molecule has 1 fully saturated rings. The molecule has 2 heterocycles. The second-order valence-electron chi connectivity index (χ2n) is 4.59. The average Bonchev–Trinajstić information content (AvgIpc) is 2.54. The van der Waals surface area contributed by atoms with Gasteiger partial charge >= 0.3 is 5.97 Å². The molecule has 0 saturated carbocycles. The highest BCUT2D eigenvalue weighted by Crippen LogP contribution is 2.46. The number of nitrogens with one attached hydrogen (secondary N) is 1. The van der Waals surface area contributed by atoms with Gasteiger partial charge in [0.15, 0.2) is 0 Å². The number of rotatable bonds is 3. The molecular weight excluding hydrogens is 194 g/mol. The molecule has 2 N–H and O–H groups in total. The minimum absolute atomic E-state index is 0.414. The summed E-state index contributed by atoms with van der Waals surface area (Å²) in [5, 5.41) is 9.27. The third-order valence-electron chi connectivity index (χ3n) is 3.54. The summed E-state index contributed by atoms with van der Waals surface area (Å²) in [6.45, 7) is 4.43. The van der Waals surface area contributed by atoms with E-state index < -0.39 is 16.8 Å². The Labute approximate surface area is 88.3 Å². The zero-order valence-corrected chi connectivity index (χ0v) is 8.91. The Hall–Kier alpha value is -1.29. The molecule has 4 heteroatoms. The SMILES string of the molecule is CC(C)(C(=O)O)C1(c2ccc[nH]2)COC1. The molecule has 0 aromatic carbocycles. The van der Waals surface area contributed by atoms with Crippen molar-refractivity contribution in [3.8, 4) is 0 Å². The lowest BCUT2D eigenvalue weighted by Crippen LogP contribution is -2.59. The number of aromatic amines is 1. The number of carboxylic acids is 1. The Bertz CT molecular complexity index is 363. The lowest BCUT2D eigenvalue weighted by atomic mass is 9.62. The van der Waals surface area contributed by atoms with Crippen molar-refractivity contribution in [1.29, 1.82) is 0 Å². The smallest absolute Gasteiger partial charge is 0.310 e. The van der Waals surface area contributed by atoms with E-state index in [1.165, 1.54) is 0 Å². The van der Waals surface area contributed by atoms with Crippen molar-refractivity contribution < 1.29 is 14.6 Å². The first-order valence-corrected chi connectivity index (χ1v) is 4.96. The number of H-pyrrole nitrogens is 1. The second-order valence-corrected chi connectivity index (χ2v) is 4.59. The van der Waals surface area contributed by atoms with E-state index in [1.807, 2.05) is 18.3 Å². The lowest BCUT2D eigenvalue weighted by Gasteiger charge is -2.49. The number of hydrogen-bond acceptors (Lipinski definition) is 2. The molecule has 0 radical (unpaired) electrons. The molecule has 1 aromatic heterocycles. The monoisotopic (exact) mass is 209 g/mol. The van der Waals surface area contributed by atoms with Crippen LogP contribution in [0.15, 0.2) is 18.3 Å². The third-order valence-corrected chi connectivity index (χ3v) is 3.54. The molecule has 1 aliphatic heterocycles. The highest BCUT2D eigenvalue weighted by atomic mass is 16.5. The number of carbonyl (C=O) groups is 1. The summed E-state index contributed by atoms with van der Waals surface area (Å²) in [6, 6.07) is 3.81. The molecule has 82 valence electrons. The van der Waals surface area contributed by atoms with Gasteiger partial charge < -0.3 is 14.8 Å². The van der Waals surface area contributed by atoms with Gasteiger partial charge in [-0.2, -0.15) is 0 Å². The minimum atomic E-state index is -0.823. The number of hydrogen-bond donors (Lipinski definition) is 2. The third kappa shape index (κ3) is 1.21. The first-order valence-electron chi connectivity index (χ1n) is 4.96. The van der Waals surface area contributed by atoms with Gasteiger partial charge in [-0.05, 0) is 26.0 Å². The van der Waals surface area contributed by atoms with E-state index in [0.717, 1.165) is 5.69 Å². The van der Waals surface area contributed by atoms with E-state index in [9.17, 15) is 9.90 Å². The standard InChI is InChI=1S/C11H15NO3/c1-10(2,9(13)14)11(6-15-7-11)8-4-3-5-12-8/h3-5,12H,6-7H2,1-2H3,(H,13,14). The van der Waals surface area contributed by atoms with E-state index in [0.29, 0.717) is 13.2 Å². The van der Waals surface area contributed by atoms with Gasteiger partial charge in [0.25, 0.3) is 0 Å². The molecule has 0 aliphatic carbocycles. The summed E-state index contributed by atoms with van der Waals surface area (Å²) < 4.78 is 5.22. The summed E-state index contributed by atoms with van der Waals surface area (Å²) in [5.41, 5.74) is -0.292. The molecule has 0 bridgehead atoms. The van der Waals surface area contributed by atoms with Gasteiger partial charge in [-0.3, -0.25) is 4.79 Å². The Morgan fingerprint density at radius 3 is 2.60 bits per heavy atom. The fraction of sp³-hybridized carbons (Fsp3) is 0.545. The maximum Gasteiger partial charge on any atom is 0.310 e.